The van der Waals surface area contributed by atoms with Gasteiger partial charge in [0, 0.05) is 0 Å². The van der Waals surface area contributed by atoms with Crippen molar-refractivity contribution in [2.75, 3.05) is 0 Å². The van der Waals surface area contributed by atoms with Gasteiger partial charge in [0.25, 0.3) is 0 Å². The van der Waals surface area contributed by atoms with E-state index in [2.05, 4.69) is 87.9 Å². The number of unbranched alkanes of at least 4 members (excludes halogenated alkanes) is 2. The summed E-state index contributed by atoms with van der Waals surface area (Å²) in [6, 6.07) is 15.1. The van der Waals surface area contributed by atoms with Crippen LogP contribution in [0.15, 0.2) is 42.5 Å². The van der Waals surface area contributed by atoms with E-state index in [1.807, 2.05) is 0 Å². The first-order valence-electron chi connectivity index (χ1n) is 8.61. The predicted molar refractivity (Wildman–Crippen MR) is 106 cm³/mol. The molecular formula is C20H28LiO2P. The van der Waals surface area contributed by atoms with Gasteiger partial charge in [0.1, 0.15) is 0 Å². The first-order chi connectivity index (χ1) is 11.5. The van der Waals surface area contributed by atoms with Crippen LogP contribution in [0.5, 0.6) is 0 Å². The van der Waals surface area contributed by atoms with Gasteiger partial charge >= 0.3 is 57.7 Å². The summed E-state index contributed by atoms with van der Waals surface area (Å²) in [6.07, 6.45) is 4.18. The molecule has 2 nitrogen and oxygen atoms in total. The molecule has 2 aromatic carbocycles. The van der Waals surface area contributed by atoms with E-state index in [4.69, 9.17) is 9.46 Å². The van der Waals surface area contributed by atoms with Crippen LogP contribution in [-0.4, -0.2) is 22.6 Å². The second kappa shape index (κ2) is 14.4. The van der Waals surface area contributed by atoms with Crippen LogP contribution in [0.1, 0.15) is 42.9 Å². The van der Waals surface area contributed by atoms with Crippen molar-refractivity contribution in [3.8, 4) is 11.1 Å². The zero-order chi connectivity index (χ0) is 18.4. The van der Waals surface area contributed by atoms with E-state index in [0.29, 0.717) is 0 Å². The summed E-state index contributed by atoms with van der Waals surface area (Å²) in [6.45, 7) is 8.75. The van der Waals surface area contributed by atoms with Crippen molar-refractivity contribution in [1.29, 1.82) is 0 Å². The van der Waals surface area contributed by atoms with Crippen molar-refractivity contribution < 1.29 is 9.46 Å². The molecule has 0 spiro atoms. The standard InChI is InChI=1S/C15H16.C5H11.Li.HO2P/c1-11-9-12(2)15(13(3)10-11)14-7-5-4-6-8-14;1-3-5-4-2;;1-3-2/h4-10H,1-3H3;1,3-5H2,2H3;;(H,1,2). The molecule has 1 N–H and O–H groups in total. The van der Waals surface area contributed by atoms with Gasteiger partial charge in [0.15, 0.2) is 0 Å². The monoisotopic (exact) mass is 338 g/mol. The van der Waals surface area contributed by atoms with E-state index in [1.165, 1.54) is 52.2 Å². The Morgan fingerprint density at radius 3 is 1.88 bits per heavy atom. The van der Waals surface area contributed by atoms with Gasteiger partial charge in [0.2, 0.25) is 0 Å². The van der Waals surface area contributed by atoms with Crippen molar-refractivity contribution in [2.45, 2.75) is 52.1 Å². The number of hydrogen-bond donors (Lipinski definition) is 1. The molecule has 0 saturated carbocycles. The summed E-state index contributed by atoms with van der Waals surface area (Å²) < 4.78 is 8.46. The van der Waals surface area contributed by atoms with E-state index in [9.17, 15) is 0 Å². The van der Waals surface area contributed by atoms with Crippen molar-refractivity contribution >= 4 is 26.4 Å². The summed E-state index contributed by atoms with van der Waals surface area (Å²) in [5.41, 5.74) is 6.75. The molecule has 0 radical (unpaired) electrons. The van der Waals surface area contributed by atoms with Crippen molar-refractivity contribution in [2.24, 2.45) is 0 Å². The topological polar surface area (TPSA) is 37.3 Å². The Hall–Kier alpha value is -0.903. The average Bonchev–Trinajstić information content (AvgIpc) is 2.54. The summed E-state index contributed by atoms with van der Waals surface area (Å²) in [5.74, 6) is 0. The van der Waals surface area contributed by atoms with Crippen LogP contribution in [0.2, 0.25) is 5.09 Å². The molecule has 2 rings (SSSR count). The number of benzene rings is 2. The molecule has 2 aromatic rings. The Balaban J connectivity index is 0.000000495. The van der Waals surface area contributed by atoms with Gasteiger partial charge in [-0.1, -0.05) is 48.0 Å². The quantitative estimate of drug-likeness (QED) is 0.408. The van der Waals surface area contributed by atoms with Gasteiger partial charge in [-0.05, 0) is 43.0 Å². The molecule has 0 amide bonds. The van der Waals surface area contributed by atoms with Gasteiger partial charge in [-0.25, -0.2) is 4.57 Å². The molecule has 0 fully saturated rings. The Morgan fingerprint density at radius 2 is 1.50 bits per heavy atom. The molecule has 0 aliphatic heterocycles. The van der Waals surface area contributed by atoms with Gasteiger partial charge in [-0.15, -0.1) is 0 Å². The Morgan fingerprint density at radius 1 is 1.00 bits per heavy atom. The van der Waals surface area contributed by atoms with Crippen LogP contribution in [0.25, 0.3) is 11.1 Å². The average molecular weight is 338 g/mol. The Bertz CT molecular complexity index is 558. The maximum absolute atomic E-state index is 8.46. The van der Waals surface area contributed by atoms with Crippen molar-refractivity contribution in [3.63, 3.8) is 0 Å². The summed E-state index contributed by atoms with van der Waals surface area (Å²) >= 11 is 2.23. The molecule has 4 heteroatoms. The third-order valence-electron chi connectivity index (χ3n) is 3.70. The molecule has 0 atom stereocenters. The third-order valence-corrected chi connectivity index (χ3v) is 3.70. The van der Waals surface area contributed by atoms with E-state index in [0.717, 1.165) is 0 Å². The number of hydrogen-bond acceptors (Lipinski definition) is 1. The molecule has 0 unspecified atom stereocenters. The molecule has 0 heterocycles. The Kier molecular flexibility index (Phi) is 13.9. The first-order valence-corrected chi connectivity index (χ1v) is 9.38. The second-order valence-corrected chi connectivity index (χ2v) is 6.09. The zero-order valence-electron chi connectivity index (χ0n) is 15.7. The molecular weight excluding hydrogens is 310 g/mol. The summed E-state index contributed by atoms with van der Waals surface area (Å²) in [5, 5.41) is 1.36. The van der Waals surface area contributed by atoms with Gasteiger partial charge in [0.05, 0.1) is 0 Å². The van der Waals surface area contributed by atoms with E-state index in [1.54, 1.807) is 0 Å². The molecule has 24 heavy (non-hydrogen) atoms. The van der Waals surface area contributed by atoms with Crippen LogP contribution in [0.3, 0.4) is 0 Å². The summed E-state index contributed by atoms with van der Waals surface area (Å²) in [7, 11) is -0.833. The predicted octanol–water partition coefficient (Wildman–Crippen LogP) is 6.23. The van der Waals surface area contributed by atoms with Gasteiger partial charge < -0.3 is 4.89 Å². The molecule has 0 aliphatic carbocycles. The number of rotatable bonds is 4. The van der Waals surface area contributed by atoms with Crippen LogP contribution in [-0.2, 0) is 4.57 Å². The maximum atomic E-state index is 8.46. The van der Waals surface area contributed by atoms with Gasteiger partial charge in [-0.2, -0.15) is 0 Å². The minimum atomic E-state index is -0.833. The molecule has 0 bridgehead atoms. The third kappa shape index (κ3) is 9.41. The second-order valence-electron chi connectivity index (χ2n) is 5.93. The summed E-state index contributed by atoms with van der Waals surface area (Å²) in [4.78, 5) is 6.99. The molecule has 0 saturated heterocycles. The van der Waals surface area contributed by atoms with E-state index in [-0.39, 0.29) is 0 Å². The van der Waals surface area contributed by atoms with Crippen LogP contribution >= 0.6 is 8.69 Å². The van der Waals surface area contributed by atoms with Crippen molar-refractivity contribution in [1.82, 2.24) is 0 Å². The Labute approximate surface area is 158 Å². The van der Waals surface area contributed by atoms with E-state index >= 15 is 0 Å². The fourth-order valence-corrected chi connectivity index (χ4v) is 2.74. The van der Waals surface area contributed by atoms with Crippen molar-refractivity contribution in [3.05, 3.63) is 59.2 Å². The minimum absolute atomic E-state index is 0.833. The van der Waals surface area contributed by atoms with Gasteiger partial charge in [-0.3, -0.25) is 0 Å². The number of aryl methyl sites for hydroxylation is 3. The molecule has 0 aliphatic rings. The fourth-order valence-electron chi connectivity index (χ4n) is 2.74. The van der Waals surface area contributed by atoms with Crippen LogP contribution in [0, 0.1) is 20.8 Å². The van der Waals surface area contributed by atoms with Crippen LogP contribution < -0.4 is 0 Å². The fraction of sp³-hybridized carbons (Fsp3) is 0.400. The van der Waals surface area contributed by atoms with Crippen LogP contribution in [0.4, 0.5) is 0 Å². The van der Waals surface area contributed by atoms with E-state index < -0.39 is 8.69 Å². The normalized spacial score (nSPS) is 9.62. The molecule has 126 valence electrons. The SMILES string of the molecule is Cc1cc(C)c(-c2ccccc2)c(C)c1.O=PO.[Li][CH2]CCCC. The zero-order valence-corrected chi connectivity index (χ0v) is 16.6. The first kappa shape index (κ1) is 23.1. The molecule has 0 aromatic heterocycles.